The summed E-state index contributed by atoms with van der Waals surface area (Å²) in [6, 6.07) is 5.71. The Morgan fingerprint density at radius 3 is 2.43 bits per heavy atom. The average molecular weight is 326 g/mol. The number of quaternary nitrogens is 2. The van der Waals surface area contributed by atoms with Crippen molar-refractivity contribution in [2.45, 2.75) is 12.7 Å². The molecule has 1 aromatic rings. The van der Waals surface area contributed by atoms with Crippen LogP contribution in [0.25, 0.3) is 0 Å². The molecular formula is C17H30N2O4+2. The van der Waals surface area contributed by atoms with Crippen LogP contribution < -0.4 is 19.3 Å². The first-order valence-corrected chi connectivity index (χ1v) is 8.24. The van der Waals surface area contributed by atoms with Crippen molar-refractivity contribution in [3.63, 3.8) is 0 Å². The SMILES string of the molecule is COc1ccc(COC[C@H](O)C[NH+]2CC[NH+](C)CC2)cc1OC. The van der Waals surface area contributed by atoms with E-state index in [1.54, 1.807) is 19.1 Å². The predicted molar refractivity (Wildman–Crippen MR) is 87.4 cm³/mol. The number of aliphatic hydroxyl groups excluding tert-OH is 1. The first kappa shape index (κ1) is 18.0. The Morgan fingerprint density at radius 1 is 1.09 bits per heavy atom. The van der Waals surface area contributed by atoms with Gasteiger partial charge in [-0.3, -0.25) is 0 Å². The minimum absolute atomic E-state index is 0.362. The zero-order valence-electron chi connectivity index (χ0n) is 14.4. The van der Waals surface area contributed by atoms with Crippen LogP contribution in [0.1, 0.15) is 5.56 Å². The molecule has 0 aromatic heterocycles. The molecule has 0 radical (unpaired) electrons. The fraction of sp³-hybridized carbons (Fsp3) is 0.647. The summed E-state index contributed by atoms with van der Waals surface area (Å²) in [5, 5.41) is 10.1. The van der Waals surface area contributed by atoms with Gasteiger partial charge in [0.2, 0.25) is 0 Å². The molecule has 0 unspecified atom stereocenters. The van der Waals surface area contributed by atoms with E-state index in [-0.39, 0.29) is 0 Å². The van der Waals surface area contributed by atoms with Crippen LogP contribution in [0.3, 0.4) is 0 Å². The Morgan fingerprint density at radius 2 is 1.78 bits per heavy atom. The van der Waals surface area contributed by atoms with E-state index < -0.39 is 6.10 Å². The van der Waals surface area contributed by atoms with Gasteiger partial charge in [0.25, 0.3) is 0 Å². The van der Waals surface area contributed by atoms with Crippen LogP contribution in [0.15, 0.2) is 18.2 Å². The molecule has 1 heterocycles. The largest absolute Gasteiger partial charge is 0.493 e. The van der Waals surface area contributed by atoms with Crippen LogP contribution in [0, 0.1) is 0 Å². The summed E-state index contributed by atoms with van der Waals surface area (Å²) in [5.74, 6) is 1.40. The maximum Gasteiger partial charge on any atom is 0.161 e. The highest BCUT2D eigenvalue weighted by Gasteiger charge is 2.22. The van der Waals surface area contributed by atoms with Gasteiger partial charge in [-0.05, 0) is 17.7 Å². The van der Waals surface area contributed by atoms with Crippen LogP contribution in [0.5, 0.6) is 11.5 Å². The first-order valence-electron chi connectivity index (χ1n) is 8.24. The molecule has 0 amide bonds. The maximum atomic E-state index is 10.1. The van der Waals surface area contributed by atoms with E-state index in [1.165, 1.54) is 18.0 Å². The summed E-state index contributed by atoms with van der Waals surface area (Å²) in [7, 11) is 5.46. The van der Waals surface area contributed by atoms with E-state index in [0.29, 0.717) is 24.7 Å². The van der Waals surface area contributed by atoms with E-state index in [9.17, 15) is 5.11 Å². The van der Waals surface area contributed by atoms with Crippen molar-refractivity contribution in [1.29, 1.82) is 0 Å². The monoisotopic (exact) mass is 326 g/mol. The molecule has 0 aliphatic carbocycles. The molecule has 1 aliphatic heterocycles. The number of nitrogens with one attached hydrogen (secondary N) is 2. The van der Waals surface area contributed by atoms with Gasteiger partial charge in [0, 0.05) is 0 Å². The minimum atomic E-state index is -0.413. The number of rotatable bonds is 8. The summed E-state index contributed by atoms with van der Waals surface area (Å²) >= 11 is 0. The topological polar surface area (TPSA) is 56.8 Å². The Balaban J connectivity index is 1.72. The number of hydrogen-bond donors (Lipinski definition) is 3. The average Bonchev–Trinajstić information content (AvgIpc) is 2.56. The molecule has 6 heteroatoms. The molecule has 1 fully saturated rings. The number of aliphatic hydroxyl groups is 1. The summed E-state index contributed by atoms with van der Waals surface area (Å²) in [5.41, 5.74) is 1.00. The van der Waals surface area contributed by atoms with Crippen LogP contribution in [-0.4, -0.2) is 71.8 Å². The Labute approximate surface area is 138 Å². The number of hydrogen-bond acceptors (Lipinski definition) is 4. The van der Waals surface area contributed by atoms with E-state index in [4.69, 9.17) is 14.2 Å². The molecule has 1 aromatic carbocycles. The quantitative estimate of drug-likeness (QED) is 0.517. The molecule has 23 heavy (non-hydrogen) atoms. The lowest BCUT2D eigenvalue weighted by atomic mass is 10.2. The minimum Gasteiger partial charge on any atom is -0.493 e. The highest BCUT2D eigenvalue weighted by Crippen LogP contribution is 2.27. The number of benzene rings is 1. The fourth-order valence-corrected chi connectivity index (χ4v) is 2.91. The number of methoxy groups -OCH3 is 2. The third kappa shape index (κ3) is 5.66. The molecule has 2 rings (SSSR count). The van der Waals surface area contributed by atoms with Gasteiger partial charge in [-0.15, -0.1) is 0 Å². The second kappa shape index (κ2) is 9.08. The second-order valence-corrected chi connectivity index (χ2v) is 6.27. The lowest BCUT2D eigenvalue weighted by Crippen LogP contribution is -3.27. The standard InChI is InChI=1S/C17H28N2O4/c1-18-6-8-19(9-7-18)11-15(20)13-23-12-14-4-5-16(21-2)17(10-14)22-3/h4-5,10,15,20H,6-9,11-13H2,1-3H3/p+2/t15-/m1/s1. The van der Waals surface area contributed by atoms with Crippen LogP contribution >= 0.6 is 0 Å². The Bertz CT molecular complexity index is 476. The van der Waals surface area contributed by atoms with Gasteiger partial charge in [-0.1, -0.05) is 6.07 Å². The third-order valence-electron chi connectivity index (χ3n) is 4.36. The molecule has 1 aliphatic rings. The molecule has 3 N–H and O–H groups in total. The van der Waals surface area contributed by atoms with Gasteiger partial charge in [-0.2, -0.15) is 0 Å². The second-order valence-electron chi connectivity index (χ2n) is 6.27. The summed E-state index contributed by atoms with van der Waals surface area (Å²) in [6.45, 7) is 6.18. The molecule has 1 atom stereocenters. The molecule has 6 nitrogen and oxygen atoms in total. The lowest BCUT2D eigenvalue weighted by molar-refractivity contribution is -1.00. The molecule has 0 spiro atoms. The Hall–Kier alpha value is -1.34. The predicted octanol–water partition coefficient (Wildman–Crippen LogP) is -2.01. The highest BCUT2D eigenvalue weighted by atomic mass is 16.5. The van der Waals surface area contributed by atoms with Gasteiger partial charge >= 0.3 is 0 Å². The molecular weight excluding hydrogens is 296 g/mol. The van der Waals surface area contributed by atoms with Gasteiger partial charge in [0.15, 0.2) is 11.5 Å². The Kier molecular flexibility index (Phi) is 7.11. The van der Waals surface area contributed by atoms with Gasteiger partial charge in [-0.25, -0.2) is 0 Å². The van der Waals surface area contributed by atoms with E-state index in [0.717, 1.165) is 25.2 Å². The number of likely N-dealkylation sites (N-methyl/N-ethyl adjacent to an activating group) is 1. The van der Waals surface area contributed by atoms with Crippen molar-refractivity contribution in [3.8, 4) is 11.5 Å². The first-order chi connectivity index (χ1) is 11.1. The van der Waals surface area contributed by atoms with Crippen LogP contribution in [0.4, 0.5) is 0 Å². The van der Waals surface area contributed by atoms with Crippen LogP contribution in [-0.2, 0) is 11.3 Å². The van der Waals surface area contributed by atoms with E-state index in [1.807, 2.05) is 18.2 Å². The van der Waals surface area contributed by atoms with Crippen LogP contribution in [0.2, 0.25) is 0 Å². The van der Waals surface area contributed by atoms with Crippen molar-refractivity contribution >= 4 is 0 Å². The molecule has 0 bridgehead atoms. The molecule has 0 saturated carbocycles. The zero-order chi connectivity index (χ0) is 16.7. The van der Waals surface area contributed by atoms with Gasteiger partial charge < -0.3 is 29.1 Å². The fourth-order valence-electron chi connectivity index (χ4n) is 2.91. The van der Waals surface area contributed by atoms with Gasteiger partial charge in [0.05, 0.1) is 34.5 Å². The van der Waals surface area contributed by atoms with Crippen molar-refractivity contribution in [2.24, 2.45) is 0 Å². The maximum absolute atomic E-state index is 10.1. The smallest absolute Gasteiger partial charge is 0.161 e. The van der Waals surface area contributed by atoms with Crippen molar-refractivity contribution in [1.82, 2.24) is 0 Å². The van der Waals surface area contributed by atoms with Crippen molar-refractivity contribution in [3.05, 3.63) is 23.8 Å². The summed E-state index contributed by atoms with van der Waals surface area (Å²) in [4.78, 5) is 3.05. The summed E-state index contributed by atoms with van der Waals surface area (Å²) < 4.78 is 16.1. The van der Waals surface area contributed by atoms with E-state index >= 15 is 0 Å². The zero-order valence-corrected chi connectivity index (χ0v) is 14.4. The third-order valence-corrected chi connectivity index (χ3v) is 4.36. The molecule has 1 saturated heterocycles. The molecule has 130 valence electrons. The van der Waals surface area contributed by atoms with Crippen molar-refractivity contribution < 1.29 is 29.1 Å². The van der Waals surface area contributed by atoms with Crippen molar-refractivity contribution in [2.75, 3.05) is 60.6 Å². The lowest BCUT2D eigenvalue weighted by Gasteiger charge is -2.28. The summed E-state index contributed by atoms with van der Waals surface area (Å²) in [6.07, 6.45) is -0.413. The highest BCUT2D eigenvalue weighted by molar-refractivity contribution is 5.42. The van der Waals surface area contributed by atoms with E-state index in [2.05, 4.69) is 7.05 Å². The van der Waals surface area contributed by atoms with Gasteiger partial charge in [0.1, 0.15) is 38.8 Å². The normalized spacial score (nSPS) is 22.6. The number of piperazine rings is 1. The number of ether oxygens (including phenoxy) is 3.